The topological polar surface area (TPSA) is 76.1 Å². The van der Waals surface area contributed by atoms with E-state index in [0.717, 1.165) is 4.88 Å². The number of esters is 1. The van der Waals surface area contributed by atoms with E-state index in [4.69, 9.17) is 9.47 Å². The normalized spacial score (nSPS) is 21.7. The van der Waals surface area contributed by atoms with Crippen molar-refractivity contribution < 1.29 is 23.9 Å². The van der Waals surface area contributed by atoms with Gasteiger partial charge in [0.2, 0.25) is 11.8 Å². The van der Waals surface area contributed by atoms with Crippen LogP contribution < -0.4 is 0 Å². The van der Waals surface area contributed by atoms with Crippen LogP contribution in [0, 0.1) is 5.92 Å². The predicted molar refractivity (Wildman–Crippen MR) is 95.4 cm³/mol. The number of hydrogen-bond donors (Lipinski definition) is 0. The van der Waals surface area contributed by atoms with Crippen LogP contribution in [0.4, 0.5) is 0 Å². The number of piperidine rings is 1. The third-order valence-corrected chi connectivity index (χ3v) is 5.68. The second-order valence-electron chi connectivity index (χ2n) is 6.48. The van der Waals surface area contributed by atoms with Crippen molar-refractivity contribution in [1.29, 1.82) is 0 Å². The number of ether oxygens (including phenoxy) is 2. The molecule has 3 rings (SSSR count). The van der Waals surface area contributed by atoms with Crippen LogP contribution in [0.5, 0.6) is 0 Å². The zero-order chi connectivity index (χ0) is 18.5. The fourth-order valence-corrected chi connectivity index (χ4v) is 4.09. The number of likely N-dealkylation sites (tertiary alicyclic amines) is 1. The standard InChI is InChI=1S/C18H24N2O5S/c1-2-25-18(23)13-5-7-19(8-6-13)17(22)15-11-24-12-16(21)20(15)10-14-4-3-9-26-14/h3-4,9,13,15H,2,5-8,10-12H2,1H3/t15-/m1/s1. The van der Waals surface area contributed by atoms with E-state index in [1.54, 1.807) is 28.1 Å². The number of nitrogens with zero attached hydrogens (tertiary/aromatic N) is 2. The minimum atomic E-state index is -0.600. The predicted octanol–water partition coefficient (Wildman–Crippen LogP) is 1.28. The van der Waals surface area contributed by atoms with Gasteiger partial charge in [0, 0.05) is 18.0 Å². The van der Waals surface area contributed by atoms with Gasteiger partial charge in [-0.2, -0.15) is 0 Å². The Bertz CT molecular complexity index is 640. The quantitative estimate of drug-likeness (QED) is 0.719. The third-order valence-electron chi connectivity index (χ3n) is 4.82. The number of morpholine rings is 1. The molecule has 2 aliphatic heterocycles. The van der Waals surface area contributed by atoms with Crippen molar-refractivity contribution in [1.82, 2.24) is 9.80 Å². The molecule has 26 heavy (non-hydrogen) atoms. The third kappa shape index (κ3) is 4.24. The molecule has 0 unspecified atom stereocenters. The van der Waals surface area contributed by atoms with Crippen molar-refractivity contribution in [3.8, 4) is 0 Å². The number of carbonyl (C=O) groups is 3. The van der Waals surface area contributed by atoms with Gasteiger partial charge in [0.1, 0.15) is 12.6 Å². The maximum atomic E-state index is 13.0. The van der Waals surface area contributed by atoms with E-state index >= 15 is 0 Å². The van der Waals surface area contributed by atoms with Gasteiger partial charge in [0.25, 0.3) is 0 Å². The molecule has 2 fully saturated rings. The zero-order valence-electron chi connectivity index (χ0n) is 14.9. The molecule has 0 aromatic carbocycles. The summed E-state index contributed by atoms with van der Waals surface area (Å²) < 4.78 is 10.4. The van der Waals surface area contributed by atoms with Gasteiger partial charge in [-0.1, -0.05) is 6.07 Å². The first-order valence-corrected chi connectivity index (χ1v) is 9.83. The van der Waals surface area contributed by atoms with Crippen molar-refractivity contribution in [2.45, 2.75) is 32.4 Å². The summed E-state index contributed by atoms with van der Waals surface area (Å²) >= 11 is 1.57. The Labute approximate surface area is 156 Å². The maximum absolute atomic E-state index is 13.0. The van der Waals surface area contributed by atoms with Gasteiger partial charge in [-0.15, -0.1) is 11.3 Å². The lowest BCUT2D eigenvalue weighted by atomic mass is 9.96. The van der Waals surface area contributed by atoms with Crippen LogP contribution in [0.3, 0.4) is 0 Å². The zero-order valence-corrected chi connectivity index (χ0v) is 15.7. The Morgan fingerprint density at radius 1 is 1.35 bits per heavy atom. The van der Waals surface area contributed by atoms with Crippen molar-refractivity contribution in [3.05, 3.63) is 22.4 Å². The second-order valence-corrected chi connectivity index (χ2v) is 7.52. The molecule has 0 saturated carbocycles. The number of hydrogen-bond acceptors (Lipinski definition) is 6. The minimum absolute atomic E-state index is 0.0140. The Morgan fingerprint density at radius 2 is 2.12 bits per heavy atom. The van der Waals surface area contributed by atoms with Crippen LogP contribution in [-0.2, 0) is 30.4 Å². The molecule has 1 atom stereocenters. The van der Waals surface area contributed by atoms with Crippen molar-refractivity contribution in [3.63, 3.8) is 0 Å². The summed E-state index contributed by atoms with van der Waals surface area (Å²) in [5.41, 5.74) is 0. The number of amides is 2. The van der Waals surface area contributed by atoms with E-state index in [1.807, 2.05) is 17.5 Å². The largest absolute Gasteiger partial charge is 0.466 e. The van der Waals surface area contributed by atoms with E-state index < -0.39 is 6.04 Å². The molecule has 7 nitrogen and oxygen atoms in total. The average molecular weight is 380 g/mol. The molecule has 3 heterocycles. The SMILES string of the molecule is CCOC(=O)C1CCN(C(=O)[C@H]2COCC(=O)N2Cc2cccs2)CC1. The summed E-state index contributed by atoms with van der Waals surface area (Å²) in [7, 11) is 0. The molecule has 1 aromatic rings. The molecule has 2 saturated heterocycles. The fourth-order valence-electron chi connectivity index (χ4n) is 3.38. The molecule has 142 valence electrons. The Morgan fingerprint density at radius 3 is 2.77 bits per heavy atom. The van der Waals surface area contributed by atoms with E-state index in [9.17, 15) is 14.4 Å². The highest BCUT2D eigenvalue weighted by molar-refractivity contribution is 7.09. The van der Waals surface area contributed by atoms with Gasteiger partial charge in [0.15, 0.2) is 0 Å². The Hall–Kier alpha value is -1.93. The lowest BCUT2D eigenvalue weighted by molar-refractivity contribution is -0.161. The van der Waals surface area contributed by atoms with E-state index in [0.29, 0.717) is 39.1 Å². The van der Waals surface area contributed by atoms with Crippen LogP contribution in [0.2, 0.25) is 0 Å². The van der Waals surface area contributed by atoms with Crippen LogP contribution in [0.15, 0.2) is 17.5 Å². The summed E-state index contributed by atoms with van der Waals surface area (Å²) in [6, 6.07) is 3.29. The van der Waals surface area contributed by atoms with Crippen LogP contribution >= 0.6 is 11.3 Å². The van der Waals surface area contributed by atoms with E-state index in [2.05, 4.69) is 0 Å². The monoisotopic (exact) mass is 380 g/mol. The van der Waals surface area contributed by atoms with Crippen LogP contribution in [-0.4, -0.2) is 66.5 Å². The summed E-state index contributed by atoms with van der Waals surface area (Å²) in [6.45, 7) is 3.82. The van der Waals surface area contributed by atoms with Gasteiger partial charge in [0.05, 0.1) is 25.7 Å². The van der Waals surface area contributed by atoms with Crippen LogP contribution in [0.25, 0.3) is 0 Å². The smallest absolute Gasteiger partial charge is 0.309 e. The molecule has 0 aliphatic carbocycles. The molecular weight excluding hydrogens is 356 g/mol. The van der Waals surface area contributed by atoms with E-state index in [-0.39, 0.29) is 36.9 Å². The first-order chi connectivity index (χ1) is 12.6. The van der Waals surface area contributed by atoms with Gasteiger partial charge in [-0.25, -0.2) is 0 Å². The maximum Gasteiger partial charge on any atom is 0.309 e. The molecule has 0 N–H and O–H groups in total. The molecular formula is C18H24N2O5S. The average Bonchev–Trinajstić information content (AvgIpc) is 3.16. The summed E-state index contributed by atoms with van der Waals surface area (Å²) in [5, 5.41) is 1.96. The lowest BCUT2D eigenvalue weighted by Gasteiger charge is -2.39. The highest BCUT2D eigenvalue weighted by atomic mass is 32.1. The molecule has 0 bridgehead atoms. The number of carbonyl (C=O) groups excluding carboxylic acids is 3. The first-order valence-electron chi connectivity index (χ1n) is 8.95. The number of rotatable bonds is 5. The summed E-state index contributed by atoms with van der Waals surface area (Å²) in [5.74, 6) is -0.595. The van der Waals surface area contributed by atoms with Gasteiger partial charge in [-0.05, 0) is 31.2 Å². The molecule has 1 aromatic heterocycles. The fraction of sp³-hybridized carbons (Fsp3) is 0.611. The Balaban J connectivity index is 1.62. The van der Waals surface area contributed by atoms with Gasteiger partial charge >= 0.3 is 5.97 Å². The van der Waals surface area contributed by atoms with Crippen molar-refractivity contribution in [2.24, 2.45) is 5.92 Å². The van der Waals surface area contributed by atoms with Gasteiger partial charge < -0.3 is 19.3 Å². The number of thiophene rings is 1. The molecule has 2 amide bonds. The van der Waals surface area contributed by atoms with Crippen molar-refractivity contribution in [2.75, 3.05) is 32.9 Å². The summed E-state index contributed by atoms with van der Waals surface area (Å²) in [4.78, 5) is 41.5. The molecule has 0 radical (unpaired) electrons. The van der Waals surface area contributed by atoms with E-state index in [1.165, 1.54) is 0 Å². The molecule has 0 spiro atoms. The summed E-state index contributed by atoms with van der Waals surface area (Å²) in [6.07, 6.45) is 1.19. The lowest BCUT2D eigenvalue weighted by Crippen LogP contribution is -2.57. The highest BCUT2D eigenvalue weighted by Crippen LogP contribution is 2.23. The Kier molecular flexibility index (Phi) is 6.26. The molecule has 8 heteroatoms. The first kappa shape index (κ1) is 18.8. The minimum Gasteiger partial charge on any atom is -0.466 e. The van der Waals surface area contributed by atoms with Gasteiger partial charge in [-0.3, -0.25) is 14.4 Å². The second kappa shape index (κ2) is 8.64. The highest BCUT2D eigenvalue weighted by Gasteiger charge is 2.38. The molecule has 2 aliphatic rings. The van der Waals surface area contributed by atoms with Crippen LogP contribution in [0.1, 0.15) is 24.6 Å². The van der Waals surface area contributed by atoms with Crippen molar-refractivity contribution >= 4 is 29.1 Å².